The highest BCUT2D eigenvalue weighted by Crippen LogP contribution is 2.20. The van der Waals surface area contributed by atoms with E-state index in [1.165, 1.54) is 7.11 Å². The fraction of sp³-hybridized carbons (Fsp3) is 0.357. The molecule has 0 saturated carbocycles. The van der Waals surface area contributed by atoms with Gasteiger partial charge in [-0.2, -0.15) is 0 Å². The molecule has 2 rings (SSSR count). The Kier molecular flexibility index (Phi) is 3.81. The van der Waals surface area contributed by atoms with Crippen LogP contribution < -0.4 is 4.74 Å². The van der Waals surface area contributed by atoms with E-state index in [0.29, 0.717) is 11.3 Å². The number of carbonyl (C=O) groups excluding carboxylic acids is 1. The fourth-order valence-electron chi connectivity index (χ4n) is 1.87. The molecule has 1 aliphatic rings. The predicted molar refractivity (Wildman–Crippen MR) is 65.2 cm³/mol. The van der Waals surface area contributed by atoms with Gasteiger partial charge in [-0.1, -0.05) is 12.1 Å². The summed E-state index contributed by atoms with van der Waals surface area (Å²) in [4.78, 5) is 11.4. The van der Waals surface area contributed by atoms with E-state index >= 15 is 0 Å². The number of ether oxygens (including phenoxy) is 2. The Hall–Kier alpha value is -1.77. The molecule has 0 amide bonds. The number of carbonyl (C=O) groups is 1. The highest BCUT2D eigenvalue weighted by atomic mass is 16.5. The van der Waals surface area contributed by atoms with Crippen LogP contribution >= 0.6 is 0 Å². The minimum Gasteiger partial charge on any atom is -0.486 e. The smallest absolute Gasteiger partial charge is 0.337 e. The SMILES string of the molecule is COC(=O)c1cccc(OC2C=CCCC2)c1. The van der Waals surface area contributed by atoms with Crippen molar-refractivity contribution in [2.24, 2.45) is 0 Å². The molecule has 1 unspecified atom stereocenters. The van der Waals surface area contributed by atoms with Crippen molar-refractivity contribution in [2.75, 3.05) is 7.11 Å². The zero-order valence-electron chi connectivity index (χ0n) is 9.89. The average Bonchev–Trinajstić information content (AvgIpc) is 2.39. The molecule has 0 aromatic heterocycles. The van der Waals surface area contributed by atoms with E-state index in [0.717, 1.165) is 19.3 Å². The third kappa shape index (κ3) is 3.09. The second-order valence-corrected chi connectivity index (χ2v) is 4.03. The molecule has 0 fully saturated rings. The maximum Gasteiger partial charge on any atom is 0.337 e. The summed E-state index contributed by atoms with van der Waals surface area (Å²) in [5.41, 5.74) is 0.518. The molecule has 3 heteroatoms. The third-order valence-corrected chi connectivity index (χ3v) is 2.75. The number of rotatable bonds is 3. The van der Waals surface area contributed by atoms with E-state index in [2.05, 4.69) is 16.9 Å². The van der Waals surface area contributed by atoms with Crippen LogP contribution in [0.15, 0.2) is 36.4 Å². The molecule has 3 nitrogen and oxygen atoms in total. The van der Waals surface area contributed by atoms with Crippen molar-refractivity contribution in [1.82, 2.24) is 0 Å². The van der Waals surface area contributed by atoms with Gasteiger partial charge in [0.15, 0.2) is 0 Å². The molecule has 1 aliphatic carbocycles. The second-order valence-electron chi connectivity index (χ2n) is 4.03. The highest BCUT2D eigenvalue weighted by molar-refractivity contribution is 5.89. The van der Waals surface area contributed by atoms with E-state index in [9.17, 15) is 4.79 Å². The van der Waals surface area contributed by atoms with Crippen molar-refractivity contribution in [3.63, 3.8) is 0 Å². The minimum atomic E-state index is -0.338. The normalized spacial score (nSPS) is 18.8. The van der Waals surface area contributed by atoms with E-state index in [1.54, 1.807) is 18.2 Å². The summed E-state index contributed by atoms with van der Waals surface area (Å²) >= 11 is 0. The summed E-state index contributed by atoms with van der Waals surface area (Å²) in [6.45, 7) is 0. The van der Waals surface area contributed by atoms with E-state index in [4.69, 9.17) is 4.74 Å². The lowest BCUT2D eigenvalue weighted by Crippen LogP contribution is -2.15. The van der Waals surface area contributed by atoms with Gasteiger partial charge in [0.05, 0.1) is 12.7 Å². The first-order valence-corrected chi connectivity index (χ1v) is 5.81. The van der Waals surface area contributed by atoms with E-state index in [-0.39, 0.29) is 12.1 Å². The van der Waals surface area contributed by atoms with Gasteiger partial charge in [-0.3, -0.25) is 0 Å². The molecule has 1 aromatic rings. The van der Waals surface area contributed by atoms with Crippen LogP contribution in [0.2, 0.25) is 0 Å². The van der Waals surface area contributed by atoms with Crippen molar-refractivity contribution in [2.45, 2.75) is 25.4 Å². The molecular weight excluding hydrogens is 216 g/mol. The maximum atomic E-state index is 11.4. The lowest BCUT2D eigenvalue weighted by atomic mass is 10.1. The number of hydrogen-bond acceptors (Lipinski definition) is 3. The number of esters is 1. The van der Waals surface area contributed by atoms with Crippen LogP contribution in [-0.2, 0) is 4.74 Å². The predicted octanol–water partition coefficient (Wildman–Crippen LogP) is 2.96. The van der Waals surface area contributed by atoms with Gasteiger partial charge < -0.3 is 9.47 Å². The standard InChI is InChI=1S/C14H16O3/c1-16-14(15)11-6-5-9-13(10-11)17-12-7-3-2-4-8-12/h3,5-7,9-10,12H,2,4,8H2,1H3. The summed E-state index contributed by atoms with van der Waals surface area (Å²) in [5.74, 6) is 0.374. The molecule has 17 heavy (non-hydrogen) atoms. The minimum absolute atomic E-state index is 0.122. The largest absolute Gasteiger partial charge is 0.486 e. The van der Waals surface area contributed by atoms with Crippen LogP contribution in [-0.4, -0.2) is 19.2 Å². The van der Waals surface area contributed by atoms with Crippen LogP contribution in [0.25, 0.3) is 0 Å². The number of benzene rings is 1. The second kappa shape index (κ2) is 5.53. The van der Waals surface area contributed by atoms with Crippen molar-refractivity contribution < 1.29 is 14.3 Å². The molecule has 0 N–H and O–H groups in total. The lowest BCUT2D eigenvalue weighted by Gasteiger charge is -2.18. The summed E-state index contributed by atoms with van der Waals surface area (Å²) in [7, 11) is 1.37. The quantitative estimate of drug-likeness (QED) is 0.593. The molecule has 0 saturated heterocycles. The van der Waals surface area contributed by atoms with Gasteiger partial charge in [0.1, 0.15) is 11.9 Å². The van der Waals surface area contributed by atoms with Gasteiger partial charge in [-0.25, -0.2) is 4.79 Å². The third-order valence-electron chi connectivity index (χ3n) is 2.75. The van der Waals surface area contributed by atoms with Gasteiger partial charge in [0.25, 0.3) is 0 Å². The van der Waals surface area contributed by atoms with Crippen LogP contribution in [0.4, 0.5) is 0 Å². The number of hydrogen-bond donors (Lipinski definition) is 0. The van der Waals surface area contributed by atoms with Crippen LogP contribution in [0, 0.1) is 0 Å². The molecule has 1 aromatic carbocycles. The molecular formula is C14H16O3. The Labute approximate surface area is 101 Å². The van der Waals surface area contributed by atoms with Crippen molar-refractivity contribution in [3.8, 4) is 5.75 Å². The first-order valence-electron chi connectivity index (χ1n) is 5.81. The Morgan fingerprint density at radius 2 is 2.29 bits per heavy atom. The Morgan fingerprint density at radius 3 is 3.00 bits per heavy atom. The zero-order valence-corrected chi connectivity index (χ0v) is 9.89. The van der Waals surface area contributed by atoms with Gasteiger partial charge in [-0.05, 0) is 43.5 Å². The molecule has 90 valence electrons. The molecule has 1 atom stereocenters. The van der Waals surface area contributed by atoms with Crippen LogP contribution in [0.5, 0.6) is 5.75 Å². The highest BCUT2D eigenvalue weighted by Gasteiger charge is 2.11. The number of methoxy groups -OCH3 is 1. The summed E-state index contributed by atoms with van der Waals surface area (Å²) in [6, 6.07) is 7.09. The Balaban J connectivity index is 2.08. The molecule has 0 heterocycles. The van der Waals surface area contributed by atoms with Crippen LogP contribution in [0.3, 0.4) is 0 Å². The zero-order chi connectivity index (χ0) is 12.1. The van der Waals surface area contributed by atoms with Crippen molar-refractivity contribution >= 4 is 5.97 Å². The van der Waals surface area contributed by atoms with Gasteiger partial charge >= 0.3 is 5.97 Å². The lowest BCUT2D eigenvalue weighted by molar-refractivity contribution is 0.0600. The average molecular weight is 232 g/mol. The summed E-state index contributed by atoms with van der Waals surface area (Å²) in [5, 5.41) is 0. The first-order chi connectivity index (χ1) is 8.29. The van der Waals surface area contributed by atoms with Crippen molar-refractivity contribution in [3.05, 3.63) is 42.0 Å². The molecule has 0 radical (unpaired) electrons. The monoisotopic (exact) mass is 232 g/mol. The van der Waals surface area contributed by atoms with Gasteiger partial charge in [0.2, 0.25) is 0 Å². The molecule has 0 spiro atoms. The fourth-order valence-corrected chi connectivity index (χ4v) is 1.87. The van der Waals surface area contributed by atoms with Crippen molar-refractivity contribution in [1.29, 1.82) is 0 Å². The van der Waals surface area contributed by atoms with E-state index in [1.807, 2.05) is 6.07 Å². The Bertz CT molecular complexity index is 423. The number of allylic oxidation sites excluding steroid dienone is 1. The Morgan fingerprint density at radius 1 is 1.41 bits per heavy atom. The molecule has 0 aliphatic heterocycles. The van der Waals surface area contributed by atoms with Crippen LogP contribution in [0.1, 0.15) is 29.6 Å². The van der Waals surface area contributed by atoms with Gasteiger partial charge in [-0.15, -0.1) is 0 Å². The van der Waals surface area contributed by atoms with Gasteiger partial charge in [0, 0.05) is 0 Å². The first kappa shape index (κ1) is 11.7. The topological polar surface area (TPSA) is 35.5 Å². The maximum absolute atomic E-state index is 11.4. The molecule has 0 bridgehead atoms. The van der Waals surface area contributed by atoms with E-state index < -0.39 is 0 Å². The summed E-state index contributed by atoms with van der Waals surface area (Å²) in [6.07, 6.45) is 7.64. The summed E-state index contributed by atoms with van der Waals surface area (Å²) < 4.78 is 10.5.